The average Bonchev–Trinajstić information content (AvgIpc) is 2.75. The number of aromatic nitrogens is 1. The summed E-state index contributed by atoms with van der Waals surface area (Å²) in [5.41, 5.74) is 4.33. The van der Waals surface area contributed by atoms with Gasteiger partial charge in [-0.3, -0.25) is 0 Å². The number of hydrogen-bond donors (Lipinski definition) is 1. The number of benzene rings is 1. The van der Waals surface area contributed by atoms with Gasteiger partial charge in [-0.25, -0.2) is 4.98 Å². The maximum Gasteiger partial charge on any atom is 0.0798 e. The lowest BCUT2D eigenvalue weighted by atomic mass is 10.1. The van der Waals surface area contributed by atoms with E-state index in [0.29, 0.717) is 12.1 Å². The molecule has 0 amide bonds. The van der Waals surface area contributed by atoms with Gasteiger partial charge < -0.3 is 5.32 Å². The zero-order valence-electron chi connectivity index (χ0n) is 10.8. The Balaban J connectivity index is 2.08. The highest BCUT2D eigenvalue weighted by Crippen LogP contribution is 2.25. The molecule has 18 heavy (non-hydrogen) atoms. The van der Waals surface area contributed by atoms with Gasteiger partial charge in [-0.1, -0.05) is 28.1 Å². The molecule has 0 fully saturated rings. The number of nitrogens with one attached hydrogen (secondary N) is 1. The first-order valence-corrected chi connectivity index (χ1v) is 7.66. The molecule has 0 spiro atoms. The summed E-state index contributed by atoms with van der Waals surface area (Å²) in [6, 6.07) is 9.07. The van der Waals surface area contributed by atoms with E-state index in [1.54, 1.807) is 11.3 Å². The van der Waals surface area contributed by atoms with Crippen LogP contribution in [-0.2, 0) is 0 Å². The van der Waals surface area contributed by atoms with Gasteiger partial charge in [0.15, 0.2) is 0 Å². The van der Waals surface area contributed by atoms with E-state index in [-0.39, 0.29) is 0 Å². The smallest absolute Gasteiger partial charge is 0.0798 e. The van der Waals surface area contributed by atoms with Gasteiger partial charge >= 0.3 is 0 Å². The number of rotatable bonds is 4. The number of aryl methyl sites for hydroxylation is 1. The van der Waals surface area contributed by atoms with E-state index in [1.807, 2.05) is 11.6 Å². The molecule has 2 aromatic rings. The van der Waals surface area contributed by atoms with Gasteiger partial charge in [-0.2, -0.15) is 0 Å². The topological polar surface area (TPSA) is 24.9 Å². The Bertz CT molecular complexity index is 524. The highest BCUT2D eigenvalue weighted by Gasteiger charge is 2.14. The summed E-state index contributed by atoms with van der Waals surface area (Å²) in [5.74, 6) is 0. The van der Waals surface area contributed by atoms with Crippen LogP contribution < -0.4 is 5.32 Å². The maximum atomic E-state index is 4.30. The predicted molar refractivity (Wildman–Crippen MR) is 81.0 cm³/mol. The molecule has 0 aliphatic rings. The van der Waals surface area contributed by atoms with E-state index in [9.17, 15) is 0 Å². The Morgan fingerprint density at radius 2 is 2.06 bits per heavy atom. The fraction of sp³-hybridized carbons (Fsp3) is 0.357. The monoisotopic (exact) mass is 324 g/mol. The molecule has 96 valence electrons. The highest BCUT2D eigenvalue weighted by atomic mass is 79.9. The lowest BCUT2D eigenvalue weighted by Gasteiger charge is -2.20. The van der Waals surface area contributed by atoms with Crippen LogP contribution in [0.15, 0.2) is 34.2 Å². The van der Waals surface area contributed by atoms with Crippen molar-refractivity contribution in [3.63, 3.8) is 0 Å². The van der Waals surface area contributed by atoms with E-state index in [4.69, 9.17) is 0 Å². The van der Waals surface area contributed by atoms with E-state index >= 15 is 0 Å². The molecule has 0 bridgehead atoms. The van der Waals surface area contributed by atoms with Crippen LogP contribution in [0.3, 0.4) is 0 Å². The van der Waals surface area contributed by atoms with Crippen LogP contribution in [-0.4, -0.2) is 4.98 Å². The van der Waals surface area contributed by atoms with E-state index in [2.05, 4.69) is 65.2 Å². The minimum Gasteiger partial charge on any atom is -0.303 e. The zero-order valence-corrected chi connectivity index (χ0v) is 13.2. The summed E-state index contributed by atoms with van der Waals surface area (Å²) in [7, 11) is 0. The van der Waals surface area contributed by atoms with Crippen molar-refractivity contribution in [2.45, 2.75) is 32.9 Å². The molecule has 0 saturated carbocycles. The van der Waals surface area contributed by atoms with Crippen LogP contribution in [0.4, 0.5) is 0 Å². The molecule has 2 nitrogen and oxygen atoms in total. The Labute approximate surface area is 121 Å². The number of nitrogens with zero attached hydrogens (tertiary/aromatic N) is 1. The minimum atomic E-state index is 0.319. The average molecular weight is 325 g/mol. The number of hydrogen-bond acceptors (Lipinski definition) is 3. The van der Waals surface area contributed by atoms with E-state index in [0.717, 1.165) is 10.2 Å². The molecule has 1 heterocycles. The van der Waals surface area contributed by atoms with Crippen molar-refractivity contribution in [1.82, 2.24) is 10.3 Å². The summed E-state index contributed by atoms with van der Waals surface area (Å²) in [4.78, 5) is 5.62. The lowest BCUT2D eigenvalue weighted by Crippen LogP contribution is -2.22. The highest BCUT2D eigenvalue weighted by molar-refractivity contribution is 9.10. The lowest BCUT2D eigenvalue weighted by molar-refractivity contribution is 0.498. The second kappa shape index (κ2) is 5.95. The first-order chi connectivity index (χ1) is 8.58. The molecule has 2 atom stereocenters. The molecule has 0 aliphatic carbocycles. The summed E-state index contributed by atoms with van der Waals surface area (Å²) in [5, 5.41) is 3.62. The van der Waals surface area contributed by atoms with Gasteiger partial charge in [0.25, 0.3) is 0 Å². The van der Waals surface area contributed by atoms with Crippen LogP contribution in [0, 0.1) is 6.92 Å². The summed E-state index contributed by atoms with van der Waals surface area (Å²) < 4.78 is 1.12. The third-order valence-corrected chi connectivity index (χ3v) is 4.63. The quantitative estimate of drug-likeness (QED) is 0.887. The van der Waals surface area contributed by atoms with Crippen LogP contribution >= 0.6 is 27.3 Å². The van der Waals surface area contributed by atoms with Gasteiger partial charge in [0.05, 0.1) is 11.2 Å². The van der Waals surface area contributed by atoms with Crippen molar-refractivity contribution in [3.8, 4) is 0 Å². The van der Waals surface area contributed by atoms with Crippen LogP contribution in [0.5, 0.6) is 0 Å². The molecule has 1 unspecified atom stereocenters. The van der Waals surface area contributed by atoms with Crippen molar-refractivity contribution in [2.75, 3.05) is 0 Å². The normalized spacial score (nSPS) is 14.4. The third kappa shape index (κ3) is 3.19. The van der Waals surface area contributed by atoms with Crippen LogP contribution in [0.1, 0.15) is 42.1 Å². The molecular formula is C14H17BrN2S. The molecule has 0 radical (unpaired) electrons. The summed E-state index contributed by atoms with van der Waals surface area (Å²) in [6.07, 6.45) is 0. The van der Waals surface area contributed by atoms with E-state index in [1.165, 1.54) is 10.4 Å². The second-order valence-corrected chi connectivity index (χ2v) is 6.27. The second-order valence-electron chi connectivity index (χ2n) is 4.47. The molecule has 1 aromatic heterocycles. The van der Waals surface area contributed by atoms with Crippen molar-refractivity contribution in [3.05, 3.63) is 50.4 Å². The van der Waals surface area contributed by atoms with Crippen molar-refractivity contribution >= 4 is 27.3 Å². The zero-order chi connectivity index (χ0) is 13.1. The standard InChI is InChI=1S/C14H17BrN2S/c1-9(12-5-4-6-13(15)7-12)17-11(3)14-10(2)16-8-18-14/h4-9,11,17H,1-3H3/t9-,11?/m0/s1. The Morgan fingerprint density at radius 1 is 1.28 bits per heavy atom. The first kappa shape index (κ1) is 13.7. The molecule has 2 rings (SSSR count). The maximum absolute atomic E-state index is 4.30. The van der Waals surface area contributed by atoms with Gasteiger partial charge in [0, 0.05) is 21.4 Å². The molecule has 4 heteroatoms. The Morgan fingerprint density at radius 3 is 2.67 bits per heavy atom. The predicted octanol–water partition coefficient (Wildman–Crippen LogP) is 4.63. The minimum absolute atomic E-state index is 0.319. The summed E-state index contributed by atoms with van der Waals surface area (Å²) in [6.45, 7) is 6.44. The van der Waals surface area contributed by atoms with E-state index < -0.39 is 0 Å². The van der Waals surface area contributed by atoms with Crippen molar-refractivity contribution in [2.24, 2.45) is 0 Å². The fourth-order valence-electron chi connectivity index (χ4n) is 2.05. The van der Waals surface area contributed by atoms with Gasteiger partial charge in [-0.15, -0.1) is 11.3 Å². The van der Waals surface area contributed by atoms with Crippen molar-refractivity contribution < 1.29 is 0 Å². The molecule has 0 saturated heterocycles. The molecule has 1 aromatic carbocycles. The van der Waals surface area contributed by atoms with Gasteiger partial charge in [-0.05, 0) is 38.5 Å². The fourth-order valence-corrected chi connectivity index (χ4v) is 3.29. The van der Waals surface area contributed by atoms with Crippen molar-refractivity contribution in [1.29, 1.82) is 0 Å². The molecule has 0 aliphatic heterocycles. The molecule has 1 N–H and O–H groups in total. The van der Waals surface area contributed by atoms with Crippen LogP contribution in [0.2, 0.25) is 0 Å². The molecular weight excluding hydrogens is 308 g/mol. The third-order valence-electron chi connectivity index (χ3n) is 3.02. The van der Waals surface area contributed by atoms with Gasteiger partial charge in [0.2, 0.25) is 0 Å². The first-order valence-electron chi connectivity index (χ1n) is 5.99. The SMILES string of the molecule is Cc1ncsc1C(C)N[C@@H](C)c1cccc(Br)c1. The number of thiazole rings is 1. The number of halogens is 1. The van der Waals surface area contributed by atoms with Gasteiger partial charge in [0.1, 0.15) is 0 Å². The Hall–Kier alpha value is -0.710. The van der Waals surface area contributed by atoms with Crippen LogP contribution in [0.25, 0.3) is 0 Å². The summed E-state index contributed by atoms with van der Waals surface area (Å²) >= 11 is 5.23. The Kier molecular flexibility index (Phi) is 4.54. The largest absolute Gasteiger partial charge is 0.303 e.